The standard InChI is InChI=1S/C11H14BNO2/c1-3-13(4-2)11(14)9-5-7-10(12-15)8-6-9/h5-8H,3-4H2,1-2H3. The first-order chi connectivity index (χ1) is 7.22. The molecule has 3 nitrogen and oxygen atoms in total. The fourth-order valence-electron chi connectivity index (χ4n) is 1.40. The van der Waals surface area contributed by atoms with Crippen molar-refractivity contribution >= 4 is 18.5 Å². The van der Waals surface area contributed by atoms with E-state index < -0.39 is 0 Å². The molecule has 78 valence electrons. The molecule has 0 spiro atoms. The van der Waals surface area contributed by atoms with E-state index in [0.29, 0.717) is 24.1 Å². The number of carbonyl (C=O) groups excluding carboxylic acids is 1. The first-order valence-electron chi connectivity index (χ1n) is 5.07. The third-order valence-electron chi connectivity index (χ3n) is 2.34. The fraction of sp³-hybridized carbons (Fsp3) is 0.364. The predicted octanol–water partition coefficient (Wildman–Crippen LogP) is 0.844. The van der Waals surface area contributed by atoms with Gasteiger partial charge in [-0.3, -0.25) is 0 Å². The summed E-state index contributed by atoms with van der Waals surface area (Å²) in [5.41, 5.74) is 1.22. The topological polar surface area (TPSA) is 37.4 Å². The molecule has 0 aromatic heterocycles. The molecule has 0 saturated heterocycles. The van der Waals surface area contributed by atoms with Gasteiger partial charge in [0.2, 0.25) is 0 Å². The summed E-state index contributed by atoms with van der Waals surface area (Å²) in [6.07, 6.45) is 0. The van der Waals surface area contributed by atoms with Crippen molar-refractivity contribution in [3.05, 3.63) is 29.8 Å². The molecule has 0 radical (unpaired) electrons. The van der Waals surface area contributed by atoms with Crippen molar-refractivity contribution < 1.29 is 9.50 Å². The van der Waals surface area contributed by atoms with Gasteiger partial charge in [-0.25, -0.2) is 0 Å². The Bertz CT molecular complexity index is 344. The van der Waals surface area contributed by atoms with Crippen LogP contribution < -0.4 is 5.46 Å². The minimum absolute atomic E-state index is 0.0115. The van der Waals surface area contributed by atoms with Gasteiger partial charge in [0.15, 0.2) is 0 Å². The van der Waals surface area contributed by atoms with Crippen molar-refractivity contribution in [2.24, 2.45) is 0 Å². The van der Waals surface area contributed by atoms with Crippen LogP contribution in [-0.2, 0) is 4.70 Å². The van der Waals surface area contributed by atoms with E-state index >= 15 is 0 Å². The zero-order chi connectivity index (χ0) is 11.3. The molecule has 1 amide bonds. The van der Waals surface area contributed by atoms with Crippen molar-refractivity contribution in [3.63, 3.8) is 0 Å². The summed E-state index contributed by atoms with van der Waals surface area (Å²) >= 11 is 0. The molecule has 1 aromatic rings. The van der Waals surface area contributed by atoms with Crippen LogP contribution in [-0.4, -0.2) is 31.0 Å². The number of amides is 1. The molecule has 0 aliphatic carbocycles. The van der Waals surface area contributed by atoms with E-state index in [1.165, 1.54) is 0 Å². The Labute approximate surface area is 90.3 Å². The van der Waals surface area contributed by atoms with Gasteiger partial charge in [0.25, 0.3) is 0 Å². The van der Waals surface area contributed by atoms with E-state index in [1.54, 1.807) is 29.2 Å². The Kier molecular flexibility index (Phi) is 4.22. The first-order valence-corrected chi connectivity index (χ1v) is 5.07. The zero-order valence-electron chi connectivity index (χ0n) is 9.06. The molecule has 4 heteroatoms. The molecule has 0 fully saturated rings. The average Bonchev–Trinajstić information content (AvgIpc) is 2.30. The summed E-state index contributed by atoms with van der Waals surface area (Å²) in [4.78, 5) is 13.6. The number of nitrogens with zero attached hydrogens (tertiary/aromatic N) is 1. The third kappa shape index (κ3) is 2.75. The van der Waals surface area contributed by atoms with Gasteiger partial charge in [-0.1, -0.05) is 0 Å². The van der Waals surface area contributed by atoms with Crippen molar-refractivity contribution in [2.75, 3.05) is 13.1 Å². The summed E-state index contributed by atoms with van der Waals surface area (Å²) in [6, 6.07) is 6.68. The van der Waals surface area contributed by atoms with Crippen molar-refractivity contribution in [3.8, 4) is 0 Å². The fourth-order valence-corrected chi connectivity index (χ4v) is 1.40. The van der Waals surface area contributed by atoms with Crippen LogP contribution in [0.5, 0.6) is 0 Å². The van der Waals surface area contributed by atoms with E-state index in [9.17, 15) is 9.50 Å². The van der Waals surface area contributed by atoms with E-state index in [2.05, 4.69) is 0 Å². The average molecular weight is 203 g/mol. The van der Waals surface area contributed by atoms with Crippen LogP contribution in [0.15, 0.2) is 24.3 Å². The van der Waals surface area contributed by atoms with E-state index in [1.807, 2.05) is 13.8 Å². The molecule has 0 unspecified atom stereocenters. The quantitative estimate of drug-likeness (QED) is 0.680. The number of carbonyl (C=O) groups is 1. The van der Waals surface area contributed by atoms with Crippen LogP contribution in [0.4, 0.5) is 0 Å². The van der Waals surface area contributed by atoms with Gasteiger partial charge in [0.05, 0.1) is 0 Å². The summed E-state index contributed by atoms with van der Waals surface area (Å²) in [7, 11) is 0.770. The Balaban J connectivity index is 2.86. The van der Waals surface area contributed by atoms with Crippen molar-refractivity contribution in [1.29, 1.82) is 0 Å². The maximum atomic E-state index is 11.8. The van der Waals surface area contributed by atoms with Gasteiger partial charge in [-0.2, -0.15) is 0 Å². The van der Waals surface area contributed by atoms with Gasteiger partial charge < -0.3 is 0 Å². The molecule has 0 bridgehead atoms. The number of rotatable bonds is 4. The molecular weight excluding hydrogens is 189 g/mol. The van der Waals surface area contributed by atoms with Crippen molar-refractivity contribution in [2.45, 2.75) is 13.8 Å². The Hall–Kier alpha value is -1.45. The number of benzene rings is 1. The second-order valence-corrected chi connectivity index (χ2v) is 3.22. The predicted molar refractivity (Wildman–Crippen MR) is 59.8 cm³/mol. The zero-order valence-corrected chi connectivity index (χ0v) is 9.06. The molecule has 0 N–H and O–H groups in total. The van der Waals surface area contributed by atoms with Crippen LogP contribution in [0.3, 0.4) is 0 Å². The van der Waals surface area contributed by atoms with E-state index in [0.717, 1.165) is 7.15 Å². The summed E-state index contributed by atoms with van der Waals surface area (Å²) in [5, 5.41) is 0. The van der Waals surface area contributed by atoms with Gasteiger partial charge >= 0.3 is 89.7 Å². The molecule has 0 heterocycles. The first kappa shape index (κ1) is 11.6. The van der Waals surface area contributed by atoms with E-state index in [-0.39, 0.29) is 5.91 Å². The van der Waals surface area contributed by atoms with Gasteiger partial charge in [-0.05, 0) is 0 Å². The summed E-state index contributed by atoms with van der Waals surface area (Å²) in [6.45, 7) is 5.29. The van der Waals surface area contributed by atoms with Crippen LogP contribution in [0.25, 0.3) is 0 Å². The van der Waals surface area contributed by atoms with Gasteiger partial charge in [0, 0.05) is 0 Å². The monoisotopic (exact) mass is 203 g/mol. The Morgan fingerprint density at radius 3 is 2.13 bits per heavy atom. The normalized spacial score (nSPS) is 9.47. The minimum atomic E-state index is 0.0115. The van der Waals surface area contributed by atoms with Crippen LogP contribution >= 0.6 is 0 Å². The molecule has 0 atom stereocenters. The Morgan fingerprint density at radius 1 is 1.20 bits per heavy atom. The van der Waals surface area contributed by atoms with Crippen LogP contribution in [0.2, 0.25) is 0 Å². The van der Waals surface area contributed by atoms with Gasteiger partial charge in [-0.15, -0.1) is 0 Å². The Morgan fingerprint density at radius 2 is 1.73 bits per heavy atom. The molecule has 0 aliphatic heterocycles. The van der Waals surface area contributed by atoms with Crippen LogP contribution in [0, 0.1) is 0 Å². The molecule has 0 saturated carbocycles. The third-order valence-corrected chi connectivity index (χ3v) is 2.34. The SMILES string of the molecule is CCN(CC)C(=O)c1ccc(B=O)cc1. The second kappa shape index (κ2) is 5.44. The van der Waals surface area contributed by atoms with E-state index in [4.69, 9.17) is 0 Å². The molecule has 0 aliphatic rings. The van der Waals surface area contributed by atoms with Crippen LogP contribution in [0.1, 0.15) is 24.2 Å². The maximum absolute atomic E-state index is 11.8. The molecular formula is C11H14BNO2. The molecule has 1 rings (SSSR count). The number of hydrogen-bond acceptors (Lipinski definition) is 2. The number of hydrogen-bond donors (Lipinski definition) is 0. The summed E-state index contributed by atoms with van der Waals surface area (Å²) < 4.78 is 10.4. The summed E-state index contributed by atoms with van der Waals surface area (Å²) in [5.74, 6) is 0.0115. The van der Waals surface area contributed by atoms with Gasteiger partial charge in [0.1, 0.15) is 0 Å². The van der Waals surface area contributed by atoms with Crippen molar-refractivity contribution in [1.82, 2.24) is 4.90 Å². The second-order valence-electron chi connectivity index (χ2n) is 3.22. The molecule has 15 heavy (non-hydrogen) atoms. The molecule has 1 aromatic carbocycles.